The van der Waals surface area contributed by atoms with Crippen molar-refractivity contribution >= 4 is 28.8 Å². The molecule has 2 nitrogen and oxygen atoms in total. The van der Waals surface area contributed by atoms with Gasteiger partial charge in [-0.1, -0.05) is 12.7 Å². The van der Waals surface area contributed by atoms with E-state index >= 15 is 0 Å². The van der Waals surface area contributed by atoms with Gasteiger partial charge in [0, 0.05) is 21.9 Å². The lowest BCUT2D eigenvalue weighted by Gasteiger charge is -1.94. The molecule has 3 heteroatoms. The quantitative estimate of drug-likeness (QED) is 0.664. The van der Waals surface area contributed by atoms with Crippen LogP contribution in [-0.4, -0.2) is 6.21 Å². The van der Waals surface area contributed by atoms with Crippen molar-refractivity contribution in [2.45, 2.75) is 6.42 Å². The van der Waals surface area contributed by atoms with E-state index in [1.807, 2.05) is 18.4 Å². The molecule has 1 heterocycles. The van der Waals surface area contributed by atoms with Crippen molar-refractivity contribution in [2.75, 3.05) is 0 Å². The molecule has 0 saturated heterocycles. The van der Waals surface area contributed by atoms with Crippen molar-refractivity contribution in [3.05, 3.63) is 34.1 Å². The van der Waals surface area contributed by atoms with Crippen molar-refractivity contribution in [3.63, 3.8) is 0 Å². The Morgan fingerprint density at radius 3 is 3.18 bits per heavy atom. The molecule has 0 fully saturated rings. The van der Waals surface area contributed by atoms with Crippen molar-refractivity contribution in [3.8, 4) is 0 Å². The van der Waals surface area contributed by atoms with E-state index in [4.69, 9.17) is 0 Å². The molecule has 0 amide bonds. The third-order valence-electron chi connectivity index (χ3n) is 1.16. The molecular formula is C8H9IN2. The predicted molar refractivity (Wildman–Crippen MR) is 56.6 cm³/mol. The summed E-state index contributed by atoms with van der Waals surface area (Å²) in [5, 5.41) is 3.93. The molecule has 58 valence electrons. The predicted octanol–water partition coefficient (Wildman–Crippen LogP) is 2.35. The van der Waals surface area contributed by atoms with E-state index in [9.17, 15) is 0 Å². The monoisotopic (exact) mass is 260 g/mol. The first-order chi connectivity index (χ1) is 5.29. The van der Waals surface area contributed by atoms with Gasteiger partial charge in [0.05, 0.1) is 0 Å². The number of rotatable bonds is 0. The summed E-state index contributed by atoms with van der Waals surface area (Å²) in [6.07, 6.45) is 8.69. The molecule has 0 radical (unpaired) electrons. The minimum atomic E-state index is 0.811. The summed E-state index contributed by atoms with van der Waals surface area (Å²) in [5.41, 5.74) is 3.61. The zero-order valence-electron chi connectivity index (χ0n) is 6.05. The third-order valence-corrected chi connectivity index (χ3v) is 1.96. The highest BCUT2D eigenvalue weighted by atomic mass is 127. The molecule has 0 aromatic rings. The molecular weight excluding hydrogens is 251 g/mol. The van der Waals surface area contributed by atoms with Crippen LogP contribution in [0.2, 0.25) is 0 Å². The Labute approximate surface area is 79.9 Å². The van der Waals surface area contributed by atoms with E-state index in [0.29, 0.717) is 0 Å². The number of hydrogen-bond donors (Lipinski definition) is 1. The molecule has 0 unspecified atom stereocenters. The van der Waals surface area contributed by atoms with Crippen LogP contribution in [0, 0.1) is 0 Å². The minimum absolute atomic E-state index is 0.811. The van der Waals surface area contributed by atoms with Gasteiger partial charge < -0.3 is 0 Å². The third kappa shape index (κ3) is 3.36. The van der Waals surface area contributed by atoms with E-state index in [2.05, 4.69) is 45.8 Å². The van der Waals surface area contributed by atoms with Crippen LogP contribution in [0.1, 0.15) is 6.42 Å². The van der Waals surface area contributed by atoms with E-state index in [-0.39, 0.29) is 0 Å². The van der Waals surface area contributed by atoms with Gasteiger partial charge in [0.25, 0.3) is 0 Å². The largest absolute Gasteiger partial charge is 0.279 e. The highest BCUT2D eigenvalue weighted by Crippen LogP contribution is 2.09. The van der Waals surface area contributed by atoms with E-state index in [1.54, 1.807) is 0 Å². The van der Waals surface area contributed by atoms with Gasteiger partial charge in [-0.3, -0.25) is 5.43 Å². The number of nitrogens with one attached hydrogen (secondary N) is 1. The lowest BCUT2D eigenvalue weighted by atomic mass is 10.3. The highest BCUT2D eigenvalue weighted by Gasteiger charge is 1.88. The molecule has 0 atom stereocenters. The Kier molecular flexibility index (Phi) is 3.35. The summed E-state index contributed by atoms with van der Waals surface area (Å²) in [6, 6.07) is 0. The minimum Gasteiger partial charge on any atom is -0.279 e. The Bertz CT molecular complexity index is 238. The van der Waals surface area contributed by atoms with Crippen LogP contribution < -0.4 is 5.43 Å². The molecule has 0 bridgehead atoms. The fraction of sp³-hybridized carbons (Fsp3) is 0.125. The summed E-state index contributed by atoms with van der Waals surface area (Å²) >= 11 is 2.27. The second-order valence-corrected chi connectivity index (χ2v) is 3.35. The Morgan fingerprint density at radius 1 is 1.55 bits per heavy atom. The summed E-state index contributed by atoms with van der Waals surface area (Å²) in [5.74, 6) is 0. The SMILES string of the molecule is C=C1/C=C\C(I)=C/C/C=N\N1. The maximum atomic E-state index is 3.93. The van der Waals surface area contributed by atoms with Crippen LogP contribution in [0.4, 0.5) is 0 Å². The molecule has 1 aliphatic rings. The summed E-state index contributed by atoms with van der Waals surface area (Å²) in [6.45, 7) is 3.75. The second kappa shape index (κ2) is 4.33. The molecule has 11 heavy (non-hydrogen) atoms. The van der Waals surface area contributed by atoms with Gasteiger partial charge in [-0.15, -0.1) is 0 Å². The molecule has 0 aliphatic carbocycles. The van der Waals surface area contributed by atoms with Crippen LogP contribution >= 0.6 is 22.6 Å². The Morgan fingerprint density at radius 2 is 2.36 bits per heavy atom. The average Bonchev–Trinajstić information content (AvgIpc) is 2.06. The van der Waals surface area contributed by atoms with Crippen LogP contribution in [0.15, 0.2) is 39.2 Å². The Hall–Kier alpha value is -0.580. The number of nitrogens with zero attached hydrogens (tertiary/aromatic N) is 1. The van der Waals surface area contributed by atoms with Gasteiger partial charge in [0.2, 0.25) is 0 Å². The molecule has 1 rings (SSSR count). The van der Waals surface area contributed by atoms with Crippen LogP contribution in [0.25, 0.3) is 0 Å². The van der Waals surface area contributed by atoms with Gasteiger partial charge in [-0.25, -0.2) is 0 Å². The smallest absolute Gasteiger partial charge is 0.0490 e. The number of halogens is 1. The van der Waals surface area contributed by atoms with Gasteiger partial charge in [-0.2, -0.15) is 5.10 Å². The van der Waals surface area contributed by atoms with E-state index in [0.717, 1.165) is 12.1 Å². The molecule has 1 aliphatic heterocycles. The normalized spacial score (nSPS) is 28.5. The topological polar surface area (TPSA) is 24.4 Å². The molecule has 0 spiro atoms. The lowest BCUT2D eigenvalue weighted by Crippen LogP contribution is -2.00. The maximum absolute atomic E-state index is 3.93. The maximum Gasteiger partial charge on any atom is 0.0490 e. The first-order valence-corrected chi connectivity index (χ1v) is 4.37. The standard InChI is InChI=1S/C8H9IN2/c1-7-4-5-8(9)3-2-6-10-11-7/h3-6,11H,1-2H2/b5-4-,8-3+,10-6-. The van der Waals surface area contributed by atoms with Crippen molar-refractivity contribution in [1.29, 1.82) is 0 Å². The van der Waals surface area contributed by atoms with Crippen molar-refractivity contribution in [1.82, 2.24) is 5.43 Å². The number of allylic oxidation sites excluding steroid dienone is 4. The second-order valence-electron chi connectivity index (χ2n) is 2.11. The lowest BCUT2D eigenvalue weighted by molar-refractivity contribution is 0.926. The zero-order valence-corrected chi connectivity index (χ0v) is 8.21. The van der Waals surface area contributed by atoms with Gasteiger partial charge in [0.15, 0.2) is 0 Å². The first kappa shape index (κ1) is 8.52. The van der Waals surface area contributed by atoms with Gasteiger partial charge in [-0.05, 0) is 34.7 Å². The first-order valence-electron chi connectivity index (χ1n) is 3.29. The number of hydrogen-bond acceptors (Lipinski definition) is 2. The Balaban J connectivity index is 2.74. The van der Waals surface area contributed by atoms with Crippen LogP contribution in [0.5, 0.6) is 0 Å². The van der Waals surface area contributed by atoms with E-state index in [1.165, 1.54) is 3.58 Å². The molecule has 1 N–H and O–H groups in total. The van der Waals surface area contributed by atoms with Crippen LogP contribution in [-0.2, 0) is 0 Å². The summed E-state index contributed by atoms with van der Waals surface area (Å²) < 4.78 is 1.21. The van der Waals surface area contributed by atoms with Crippen molar-refractivity contribution < 1.29 is 0 Å². The zero-order chi connectivity index (χ0) is 8.10. The highest BCUT2D eigenvalue weighted by molar-refractivity contribution is 14.1. The fourth-order valence-corrected chi connectivity index (χ4v) is 1.07. The fourth-order valence-electron chi connectivity index (χ4n) is 0.632. The van der Waals surface area contributed by atoms with Crippen molar-refractivity contribution in [2.24, 2.45) is 5.10 Å². The van der Waals surface area contributed by atoms with Gasteiger partial charge in [0.1, 0.15) is 0 Å². The molecule has 0 aromatic carbocycles. The van der Waals surface area contributed by atoms with Crippen LogP contribution in [0.3, 0.4) is 0 Å². The summed E-state index contributed by atoms with van der Waals surface area (Å²) in [4.78, 5) is 0. The summed E-state index contributed by atoms with van der Waals surface area (Å²) in [7, 11) is 0. The van der Waals surface area contributed by atoms with E-state index < -0.39 is 0 Å². The average molecular weight is 260 g/mol. The molecule has 0 saturated carbocycles. The molecule has 0 aromatic heterocycles. The number of hydrazone groups is 1. The van der Waals surface area contributed by atoms with Gasteiger partial charge >= 0.3 is 0 Å².